The van der Waals surface area contributed by atoms with Gasteiger partial charge in [0.25, 0.3) is 0 Å². The van der Waals surface area contributed by atoms with E-state index >= 15 is 0 Å². The molecule has 0 heterocycles. The topological polar surface area (TPSA) is 17.1 Å². The van der Waals surface area contributed by atoms with Gasteiger partial charge in [-0.15, -0.1) is 0 Å². The molecular weight excluding hydrogens is 245 g/mol. The number of rotatable bonds is 3. The van der Waals surface area contributed by atoms with Crippen LogP contribution in [-0.4, -0.2) is 11.7 Å². The number of hydrogen-bond acceptors (Lipinski definition) is 1. The Morgan fingerprint density at radius 1 is 1.40 bits per heavy atom. The maximum atomic E-state index is 12.6. The molecule has 0 unspecified atom stereocenters. The van der Waals surface area contributed by atoms with Gasteiger partial charge in [0.2, 0.25) is 5.78 Å². The first-order chi connectivity index (χ1) is 6.82. The molecule has 0 spiro atoms. The highest BCUT2D eigenvalue weighted by molar-refractivity contribution is 6.42. The minimum atomic E-state index is -3.34. The van der Waals surface area contributed by atoms with Crippen molar-refractivity contribution in [1.29, 1.82) is 0 Å². The smallest absolute Gasteiger partial charge is 0.293 e. The third-order valence-electron chi connectivity index (χ3n) is 1.87. The van der Waals surface area contributed by atoms with Crippen LogP contribution in [0.2, 0.25) is 10.0 Å². The molecule has 0 aliphatic rings. The summed E-state index contributed by atoms with van der Waals surface area (Å²) < 4.78 is 25.2. The molecule has 0 bridgehead atoms. The summed E-state index contributed by atoms with van der Waals surface area (Å²) in [6.07, 6.45) is -0.414. The highest BCUT2D eigenvalue weighted by atomic mass is 35.5. The van der Waals surface area contributed by atoms with Gasteiger partial charge in [0.1, 0.15) is 0 Å². The Bertz CT molecular complexity index is 385. The van der Waals surface area contributed by atoms with E-state index in [4.69, 9.17) is 23.2 Å². The summed E-state index contributed by atoms with van der Waals surface area (Å²) in [5, 5.41) is 0.401. The molecule has 0 aromatic heterocycles. The molecule has 0 fully saturated rings. The van der Waals surface area contributed by atoms with Gasteiger partial charge in [0, 0.05) is 13.3 Å². The number of carbonyl (C=O) groups is 1. The summed E-state index contributed by atoms with van der Waals surface area (Å²) in [4.78, 5) is 11.0. The second-order valence-electron chi connectivity index (χ2n) is 3.20. The summed E-state index contributed by atoms with van der Waals surface area (Å²) in [5.41, 5.74) is 0.315. The van der Waals surface area contributed by atoms with Crippen LogP contribution in [0, 0.1) is 0 Å². The van der Waals surface area contributed by atoms with Gasteiger partial charge in [-0.2, -0.15) is 8.78 Å². The van der Waals surface area contributed by atoms with Crippen LogP contribution in [0.25, 0.3) is 0 Å². The largest absolute Gasteiger partial charge is 0.302 e. The maximum absolute atomic E-state index is 12.6. The second-order valence-corrected chi connectivity index (χ2v) is 3.99. The van der Waals surface area contributed by atoms with E-state index in [2.05, 4.69) is 0 Å². The zero-order valence-electron chi connectivity index (χ0n) is 7.86. The number of alkyl halides is 2. The van der Waals surface area contributed by atoms with Crippen molar-refractivity contribution in [3.05, 3.63) is 33.8 Å². The van der Waals surface area contributed by atoms with Crippen LogP contribution in [0.5, 0.6) is 0 Å². The van der Waals surface area contributed by atoms with E-state index < -0.39 is 18.1 Å². The van der Waals surface area contributed by atoms with E-state index in [1.165, 1.54) is 12.1 Å². The van der Waals surface area contributed by atoms with E-state index in [1.807, 2.05) is 0 Å². The molecule has 0 saturated carbocycles. The standard InChI is InChI=1S/C10H8Cl2F2O/c1-10(13,14)8(15)5-6-3-2-4-7(11)9(6)12/h2-4H,5H2,1H3. The van der Waals surface area contributed by atoms with E-state index in [-0.39, 0.29) is 10.0 Å². The van der Waals surface area contributed by atoms with E-state index in [0.717, 1.165) is 0 Å². The Hall–Kier alpha value is -0.670. The zero-order valence-corrected chi connectivity index (χ0v) is 9.37. The van der Waals surface area contributed by atoms with Crippen molar-refractivity contribution in [2.24, 2.45) is 0 Å². The lowest BCUT2D eigenvalue weighted by Crippen LogP contribution is -2.26. The molecular formula is C10H8Cl2F2O. The third kappa shape index (κ3) is 3.14. The van der Waals surface area contributed by atoms with Crippen molar-refractivity contribution in [3.63, 3.8) is 0 Å². The Morgan fingerprint density at radius 3 is 2.53 bits per heavy atom. The van der Waals surface area contributed by atoms with Gasteiger partial charge in [0.05, 0.1) is 10.0 Å². The van der Waals surface area contributed by atoms with Gasteiger partial charge in [-0.1, -0.05) is 35.3 Å². The van der Waals surface area contributed by atoms with E-state index in [9.17, 15) is 13.6 Å². The van der Waals surface area contributed by atoms with Gasteiger partial charge in [-0.25, -0.2) is 0 Å². The molecule has 0 aliphatic carbocycles. The van der Waals surface area contributed by atoms with Crippen molar-refractivity contribution in [2.45, 2.75) is 19.3 Å². The molecule has 1 nitrogen and oxygen atoms in total. The molecule has 0 radical (unpaired) electrons. The van der Waals surface area contributed by atoms with Gasteiger partial charge >= 0.3 is 5.92 Å². The van der Waals surface area contributed by atoms with Gasteiger partial charge in [-0.05, 0) is 11.6 Å². The van der Waals surface area contributed by atoms with Crippen LogP contribution in [0.1, 0.15) is 12.5 Å². The average Bonchev–Trinajstić information content (AvgIpc) is 2.11. The van der Waals surface area contributed by atoms with Gasteiger partial charge < -0.3 is 0 Å². The fourth-order valence-electron chi connectivity index (χ4n) is 1.01. The molecule has 0 amide bonds. The maximum Gasteiger partial charge on any atom is 0.302 e. The highest BCUT2D eigenvalue weighted by Crippen LogP contribution is 2.27. The first kappa shape index (κ1) is 12.4. The number of Topliss-reactive ketones (excluding diaryl/α,β-unsaturated/α-hetero) is 1. The Morgan fingerprint density at radius 2 is 2.00 bits per heavy atom. The van der Waals surface area contributed by atoms with Gasteiger partial charge in [-0.3, -0.25) is 4.79 Å². The SMILES string of the molecule is CC(F)(F)C(=O)Cc1cccc(Cl)c1Cl. The Balaban J connectivity index is 2.91. The molecule has 0 saturated heterocycles. The minimum absolute atomic E-state index is 0.150. The molecule has 82 valence electrons. The molecule has 15 heavy (non-hydrogen) atoms. The minimum Gasteiger partial charge on any atom is -0.293 e. The number of halogens is 4. The predicted octanol–water partition coefficient (Wildman–Crippen LogP) is 3.76. The first-order valence-electron chi connectivity index (χ1n) is 4.16. The fourth-order valence-corrected chi connectivity index (χ4v) is 1.40. The normalized spacial score (nSPS) is 11.5. The Labute approximate surface area is 96.0 Å². The van der Waals surface area contributed by atoms with E-state index in [1.54, 1.807) is 6.07 Å². The predicted molar refractivity (Wildman–Crippen MR) is 55.8 cm³/mol. The van der Waals surface area contributed by atoms with E-state index in [0.29, 0.717) is 12.5 Å². The molecule has 0 aliphatic heterocycles. The highest BCUT2D eigenvalue weighted by Gasteiger charge is 2.32. The average molecular weight is 253 g/mol. The molecule has 0 atom stereocenters. The molecule has 0 N–H and O–H groups in total. The molecule has 1 rings (SSSR count). The van der Waals surface area contributed by atoms with Crippen LogP contribution in [0.3, 0.4) is 0 Å². The van der Waals surface area contributed by atoms with Gasteiger partial charge in [0.15, 0.2) is 0 Å². The summed E-state index contributed by atoms with van der Waals surface area (Å²) >= 11 is 11.4. The summed E-state index contributed by atoms with van der Waals surface area (Å²) in [5.74, 6) is -4.52. The fraction of sp³-hybridized carbons (Fsp3) is 0.300. The molecule has 1 aromatic carbocycles. The Kier molecular flexibility index (Phi) is 3.68. The van der Waals surface area contributed by atoms with Crippen molar-refractivity contribution in [1.82, 2.24) is 0 Å². The van der Waals surface area contributed by atoms with Crippen molar-refractivity contribution < 1.29 is 13.6 Å². The summed E-state index contributed by atoms with van der Waals surface area (Å²) in [6.45, 7) is 0.563. The monoisotopic (exact) mass is 252 g/mol. The van der Waals surface area contributed by atoms with Crippen LogP contribution >= 0.6 is 23.2 Å². The lowest BCUT2D eigenvalue weighted by atomic mass is 10.1. The number of carbonyl (C=O) groups excluding carboxylic acids is 1. The number of benzene rings is 1. The second kappa shape index (κ2) is 4.45. The quantitative estimate of drug-likeness (QED) is 0.801. The number of hydrogen-bond donors (Lipinski definition) is 0. The summed E-state index contributed by atoms with van der Waals surface area (Å²) in [6, 6.07) is 4.59. The number of ketones is 1. The molecule has 5 heteroatoms. The van der Waals surface area contributed by atoms with Crippen molar-refractivity contribution in [3.8, 4) is 0 Å². The summed E-state index contributed by atoms with van der Waals surface area (Å²) in [7, 11) is 0. The lowest BCUT2D eigenvalue weighted by Gasteiger charge is -2.10. The third-order valence-corrected chi connectivity index (χ3v) is 2.73. The van der Waals surface area contributed by atoms with Crippen LogP contribution in [-0.2, 0) is 11.2 Å². The molecule has 1 aromatic rings. The van der Waals surface area contributed by atoms with Crippen LogP contribution < -0.4 is 0 Å². The van der Waals surface area contributed by atoms with Crippen LogP contribution in [0.15, 0.2) is 18.2 Å². The lowest BCUT2D eigenvalue weighted by molar-refractivity contribution is -0.139. The van der Waals surface area contributed by atoms with Crippen molar-refractivity contribution >= 4 is 29.0 Å². The van der Waals surface area contributed by atoms with Crippen molar-refractivity contribution in [2.75, 3.05) is 0 Å². The first-order valence-corrected chi connectivity index (χ1v) is 4.92. The zero-order chi connectivity index (χ0) is 11.6. The van der Waals surface area contributed by atoms with Crippen LogP contribution in [0.4, 0.5) is 8.78 Å².